The van der Waals surface area contributed by atoms with Gasteiger partial charge in [0.05, 0.1) is 18.8 Å². The first-order valence-electron chi connectivity index (χ1n) is 15.5. The number of ether oxygens (including phenoxy) is 2. The quantitative estimate of drug-likeness (QED) is 0.272. The van der Waals surface area contributed by atoms with E-state index in [4.69, 9.17) is 9.47 Å². The molecule has 5 aliphatic rings. The Morgan fingerprint density at radius 1 is 1.05 bits per heavy atom. The van der Waals surface area contributed by atoms with E-state index in [0.717, 1.165) is 64.6 Å². The molecule has 2 aromatic carbocycles. The molecular weight excluding hydrogens is 562 g/mol. The van der Waals surface area contributed by atoms with Crippen molar-refractivity contribution in [2.75, 3.05) is 11.1 Å². The molecule has 9 nitrogen and oxygen atoms in total. The van der Waals surface area contributed by atoms with Crippen molar-refractivity contribution in [2.24, 2.45) is 30.7 Å². The maximum absolute atomic E-state index is 13.3. The third-order valence-corrected chi connectivity index (χ3v) is 11.1. The molecule has 0 unspecified atom stereocenters. The van der Waals surface area contributed by atoms with Crippen molar-refractivity contribution in [3.05, 3.63) is 71.5 Å². The van der Waals surface area contributed by atoms with Crippen LogP contribution in [0.2, 0.25) is 0 Å². The Labute approximate surface area is 257 Å². The Hall–Kier alpha value is -2.92. The molecule has 3 aromatic rings. The molecule has 1 aliphatic heterocycles. The number of rotatable bonds is 8. The van der Waals surface area contributed by atoms with Gasteiger partial charge in [-0.3, -0.25) is 0 Å². The zero-order valence-electron chi connectivity index (χ0n) is 24.8. The highest BCUT2D eigenvalue weighted by Crippen LogP contribution is 2.55. The number of carbonyl (C=O) groups excluding carboxylic acids is 1. The van der Waals surface area contributed by atoms with Crippen LogP contribution in [0.4, 0.5) is 10.5 Å². The van der Waals surface area contributed by atoms with Crippen LogP contribution >= 0.6 is 11.8 Å². The Morgan fingerprint density at radius 3 is 2.42 bits per heavy atom. The van der Waals surface area contributed by atoms with Crippen molar-refractivity contribution in [2.45, 2.75) is 81.2 Å². The molecule has 2 amide bonds. The number of nitrogens with one attached hydrogen (secondary N) is 2. The lowest BCUT2D eigenvalue weighted by Gasteiger charge is -2.56. The number of amides is 2. The van der Waals surface area contributed by atoms with Crippen molar-refractivity contribution in [1.29, 1.82) is 0 Å². The summed E-state index contributed by atoms with van der Waals surface area (Å²) >= 11 is 1.61. The highest BCUT2D eigenvalue weighted by Gasteiger charge is 2.51. The maximum Gasteiger partial charge on any atom is 0.319 e. The average molecular weight is 604 g/mol. The van der Waals surface area contributed by atoms with Gasteiger partial charge in [-0.15, -0.1) is 10.2 Å². The van der Waals surface area contributed by atoms with Crippen LogP contribution in [0.1, 0.15) is 74.5 Å². The first-order chi connectivity index (χ1) is 20.9. The Morgan fingerprint density at radius 2 is 1.77 bits per heavy atom. The zero-order chi connectivity index (χ0) is 29.6. The van der Waals surface area contributed by atoms with Crippen molar-refractivity contribution >= 4 is 23.5 Å². The smallest absolute Gasteiger partial charge is 0.319 e. The predicted molar refractivity (Wildman–Crippen MR) is 164 cm³/mol. The van der Waals surface area contributed by atoms with Crippen LogP contribution in [0.25, 0.3) is 0 Å². The molecule has 4 atom stereocenters. The lowest BCUT2D eigenvalue weighted by Crippen LogP contribution is -2.60. The number of carbonyl (C=O) groups is 1. The van der Waals surface area contributed by atoms with Gasteiger partial charge in [0.2, 0.25) is 0 Å². The van der Waals surface area contributed by atoms with Gasteiger partial charge >= 0.3 is 6.03 Å². The number of hydrogen-bond donors (Lipinski definition) is 3. The molecule has 4 aliphatic carbocycles. The third kappa shape index (κ3) is 6.07. The third-order valence-electron chi connectivity index (χ3n) is 10.0. The van der Waals surface area contributed by atoms with Crippen LogP contribution in [0.15, 0.2) is 60.0 Å². The molecule has 1 aromatic heterocycles. The first-order valence-corrected chi connectivity index (χ1v) is 16.5. The minimum atomic E-state index is -0.614. The summed E-state index contributed by atoms with van der Waals surface area (Å²) in [7, 11) is 1.93. The van der Waals surface area contributed by atoms with Gasteiger partial charge in [-0.1, -0.05) is 55.1 Å². The number of benzene rings is 2. The number of anilines is 1. The SMILES string of the molecule is C[C@H]1[C@@H](CSc2nncn2C)O[C@@H](c2cccc(NC(=O)NC34CC5CC(CC(C5)C3)C4)c2)O[C@H]1c1ccc(CO)cc1. The molecule has 0 spiro atoms. The molecule has 4 bridgehead atoms. The van der Waals surface area contributed by atoms with Gasteiger partial charge in [-0.25, -0.2) is 4.79 Å². The minimum Gasteiger partial charge on any atom is -0.392 e. The second kappa shape index (κ2) is 11.9. The molecule has 2 heterocycles. The van der Waals surface area contributed by atoms with Crippen LogP contribution in [0.5, 0.6) is 0 Å². The standard InChI is InChI=1S/C33H41N5O4S/c1-20-28(18-43-32-37-34-19-38(32)2)41-30(42-29(20)25-8-6-21(17-39)7-9-25)26-4-3-5-27(13-26)35-31(40)36-33-14-22-10-23(15-33)12-24(11-22)16-33/h3-9,13,19-20,22-24,28-30,39H,10-12,14-18H2,1-2H3,(H2,35,36,40)/t20-,22?,23?,24?,28+,29+,30+,33?/m0/s1. The molecule has 1 saturated heterocycles. The number of hydrogen-bond acceptors (Lipinski definition) is 7. The predicted octanol–water partition coefficient (Wildman–Crippen LogP) is 5.98. The van der Waals surface area contributed by atoms with Gasteiger partial charge in [0.1, 0.15) is 6.33 Å². The number of aryl methyl sites for hydroxylation is 1. The molecule has 43 heavy (non-hydrogen) atoms. The van der Waals surface area contributed by atoms with E-state index in [0.29, 0.717) is 5.75 Å². The molecule has 5 fully saturated rings. The van der Waals surface area contributed by atoms with Gasteiger partial charge < -0.3 is 29.8 Å². The van der Waals surface area contributed by atoms with Crippen LogP contribution in [0.3, 0.4) is 0 Å². The largest absolute Gasteiger partial charge is 0.392 e. The van der Waals surface area contributed by atoms with E-state index in [1.165, 1.54) is 19.3 Å². The molecule has 0 radical (unpaired) electrons. The van der Waals surface area contributed by atoms with E-state index in [9.17, 15) is 9.90 Å². The highest BCUT2D eigenvalue weighted by atomic mass is 32.2. The summed E-state index contributed by atoms with van der Waals surface area (Å²) in [5.74, 6) is 3.05. The number of aliphatic hydroxyl groups is 1. The van der Waals surface area contributed by atoms with Crippen LogP contribution in [0, 0.1) is 23.7 Å². The summed E-state index contributed by atoms with van der Waals surface area (Å²) in [6.45, 7) is 2.15. The number of nitrogens with zero attached hydrogens (tertiary/aromatic N) is 3. The lowest BCUT2D eigenvalue weighted by atomic mass is 9.53. The van der Waals surface area contributed by atoms with E-state index in [1.807, 2.05) is 60.1 Å². The summed E-state index contributed by atoms with van der Waals surface area (Å²) in [4.78, 5) is 13.3. The van der Waals surface area contributed by atoms with Gasteiger partial charge in [-0.2, -0.15) is 0 Å². The van der Waals surface area contributed by atoms with Gasteiger partial charge in [0.15, 0.2) is 11.4 Å². The summed E-state index contributed by atoms with van der Waals surface area (Å²) in [6, 6.07) is 15.6. The van der Waals surface area contributed by atoms with Gasteiger partial charge in [0.25, 0.3) is 0 Å². The lowest BCUT2D eigenvalue weighted by molar-refractivity contribution is -0.268. The monoisotopic (exact) mass is 603 g/mol. The van der Waals surface area contributed by atoms with Gasteiger partial charge in [0, 0.05) is 35.5 Å². The number of thioether (sulfide) groups is 1. The highest BCUT2D eigenvalue weighted by molar-refractivity contribution is 7.99. The van der Waals surface area contributed by atoms with Gasteiger partial charge in [-0.05, 0) is 79.5 Å². The van der Waals surface area contributed by atoms with Crippen molar-refractivity contribution in [3.63, 3.8) is 0 Å². The molecule has 10 heteroatoms. The molecule has 4 saturated carbocycles. The van der Waals surface area contributed by atoms with Crippen molar-refractivity contribution in [1.82, 2.24) is 20.1 Å². The number of urea groups is 1. The van der Waals surface area contributed by atoms with E-state index in [2.05, 4.69) is 27.8 Å². The van der Waals surface area contributed by atoms with E-state index >= 15 is 0 Å². The fourth-order valence-electron chi connectivity index (χ4n) is 8.30. The summed E-state index contributed by atoms with van der Waals surface area (Å²) < 4.78 is 15.1. The normalized spacial score (nSPS) is 33.0. The topological polar surface area (TPSA) is 111 Å². The summed E-state index contributed by atoms with van der Waals surface area (Å²) in [5, 5.41) is 25.1. The average Bonchev–Trinajstić information content (AvgIpc) is 3.40. The van der Waals surface area contributed by atoms with E-state index < -0.39 is 6.29 Å². The Balaban J connectivity index is 1.08. The Kier molecular flexibility index (Phi) is 7.96. The van der Waals surface area contributed by atoms with Crippen LogP contribution < -0.4 is 10.6 Å². The van der Waals surface area contributed by atoms with Crippen LogP contribution in [-0.4, -0.2) is 43.3 Å². The number of aliphatic hydroxyl groups excluding tert-OH is 1. The molecule has 3 N–H and O–H groups in total. The second-order valence-electron chi connectivity index (χ2n) is 13.3. The Bertz CT molecular complexity index is 1410. The van der Waals surface area contributed by atoms with Crippen molar-refractivity contribution < 1.29 is 19.4 Å². The maximum atomic E-state index is 13.3. The zero-order valence-corrected chi connectivity index (χ0v) is 25.6. The fraction of sp³-hybridized carbons (Fsp3) is 0.545. The van der Waals surface area contributed by atoms with E-state index in [-0.39, 0.29) is 36.3 Å². The molecule has 8 rings (SSSR count). The number of aromatic nitrogens is 3. The second-order valence-corrected chi connectivity index (χ2v) is 14.2. The first kappa shape index (κ1) is 28.8. The molecular formula is C33H41N5O4S. The summed E-state index contributed by atoms with van der Waals surface area (Å²) in [5.41, 5.74) is 3.43. The van der Waals surface area contributed by atoms with Crippen molar-refractivity contribution in [3.8, 4) is 0 Å². The minimum absolute atomic E-state index is 0.000290. The fourth-order valence-corrected chi connectivity index (χ4v) is 9.35. The molecule has 228 valence electrons. The van der Waals surface area contributed by atoms with Crippen LogP contribution in [-0.2, 0) is 23.1 Å². The van der Waals surface area contributed by atoms with E-state index in [1.54, 1.807) is 18.1 Å². The summed E-state index contributed by atoms with van der Waals surface area (Å²) in [6.07, 6.45) is 8.11.